The average Bonchev–Trinajstić information content (AvgIpc) is 3.17. The second kappa shape index (κ2) is 8.93. The topological polar surface area (TPSA) is 125 Å². The molecule has 148 valence electrons. The van der Waals surface area contributed by atoms with Crippen LogP contribution in [0.2, 0.25) is 5.02 Å². The summed E-state index contributed by atoms with van der Waals surface area (Å²) in [5, 5.41) is 18.8. The lowest BCUT2D eigenvalue weighted by Gasteiger charge is -2.08. The third kappa shape index (κ3) is 4.93. The zero-order chi connectivity index (χ0) is 20.8. The van der Waals surface area contributed by atoms with Crippen LogP contribution in [0.1, 0.15) is 21.5 Å². The first kappa shape index (κ1) is 20.0. The van der Waals surface area contributed by atoms with Gasteiger partial charge in [-0.15, -0.1) is 0 Å². The molecule has 1 amide bonds. The number of methoxy groups -OCH3 is 1. The molecular formula is C18H15ClN6O4. The number of nitrogens with zero attached hydrogens (tertiary/aromatic N) is 5. The second-order valence-electron chi connectivity index (χ2n) is 5.75. The highest BCUT2D eigenvalue weighted by atomic mass is 35.5. The summed E-state index contributed by atoms with van der Waals surface area (Å²) in [4.78, 5) is 25.8. The van der Waals surface area contributed by atoms with Gasteiger partial charge in [-0.3, -0.25) is 4.79 Å². The number of amides is 1. The van der Waals surface area contributed by atoms with Crippen molar-refractivity contribution >= 4 is 29.7 Å². The Balaban J connectivity index is 1.73. The Kier molecular flexibility index (Phi) is 6.15. The average molecular weight is 415 g/mol. The van der Waals surface area contributed by atoms with E-state index >= 15 is 0 Å². The summed E-state index contributed by atoms with van der Waals surface area (Å²) in [6, 6.07) is 11.9. The highest BCUT2D eigenvalue weighted by molar-refractivity contribution is 6.33. The summed E-state index contributed by atoms with van der Waals surface area (Å²) in [7, 11) is 1.51. The van der Waals surface area contributed by atoms with Crippen LogP contribution in [0.15, 0.2) is 53.9 Å². The number of benzene rings is 2. The second-order valence-corrected chi connectivity index (χ2v) is 6.16. The third-order valence-electron chi connectivity index (χ3n) is 3.82. The normalized spacial score (nSPS) is 10.8. The van der Waals surface area contributed by atoms with Crippen LogP contribution in [0.5, 0.6) is 5.75 Å². The van der Waals surface area contributed by atoms with Gasteiger partial charge in [0.05, 0.1) is 30.5 Å². The van der Waals surface area contributed by atoms with E-state index in [1.807, 2.05) is 0 Å². The van der Waals surface area contributed by atoms with Crippen LogP contribution in [0.3, 0.4) is 0 Å². The minimum Gasteiger partial charge on any atom is -0.496 e. The van der Waals surface area contributed by atoms with Crippen LogP contribution in [0.4, 0.5) is 5.95 Å². The molecule has 0 saturated carbocycles. The van der Waals surface area contributed by atoms with E-state index in [1.54, 1.807) is 42.5 Å². The van der Waals surface area contributed by atoms with Crippen molar-refractivity contribution in [3.8, 4) is 5.75 Å². The Bertz CT molecular complexity index is 1080. The van der Waals surface area contributed by atoms with E-state index in [1.165, 1.54) is 24.3 Å². The van der Waals surface area contributed by atoms with Crippen molar-refractivity contribution in [3.63, 3.8) is 0 Å². The molecule has 0 spiro atoms. The Morgan fingerprint density at radius 1 is 1.38 bits per heavy atom. The number of hydrogen-bond donors (Lipinski definition) is 1. The molecule has 0 bridgehead atoms. The number of ether oxygens (including phenoxy) is 1. The van der Waals surface area contributed by atoms with Crippen LogP contribution in [-0.4, -0.2) is 38.9 Å². The van der Waals surface area contributed by atoms with Crippen molar-refractivity contribution < 1.29 is 14.5 Å². The predicted octanol–water partition coefficient (Wildman–Crippen LogP) is 2.66. The van der Waals surface area contributed by atoms with Gasteiger partial charge < -0.3 is 14.9 Å². The summed E-state index contributed by atoms with van der Waals surface area (Å²) >= 11 is 5.99. The zero-order valence-corrected chi connectivity index (χ0v) is 15.9. The maximum absolute atomic E-state index is 12.1. The first-order valence-corrected chi connectivity index (χ1v) is 8.64. The molecule has 1 aromatic heterocycles. The fourth-order valence-corrected chi connectivity index (χ4v) is 2.71. The molecule has 11 heteroatoms. The molecule has 3 rings (SSSR count). The molecule has 2 aromatic carbocycles. The minimum absolute atomic E-state index is 0.206. The number of aromatic nitrogens is 3. The number of halogens is 1. The highest BCUT2D eigenvalue weighted by Crippen LogP contribution is 2.20. The molecule has 29 heavy (non-hydrogen) atoms. The quantitative estimate of drug-likeness (QED) is 0.360. The van der Waals surface area contributed by atoms with Crippen LogP contribution in [-0.2, 0) is 6.54 Å². The van der Waals surface area contributed by atoms with Crippen LogP contribution in [0, 0.1) is 10.1 Å². The van der Waals surface area contributed by atoms with Crippen molar-refractivity contribution in [1.82, 2.24) is 20.2 Å². The Hall–Kier alpha value is -3.79. The molecule has 0 radical (unpaired) electrons. The van der Waals surface area contributed by atoms with E-state index in [0.29, 0.717) is 27.5 Å². The molecule has 0 atom stereocenters. The lowest BCUT2D eigenvalue weighted by Crippen LogP contribution is -2.18. The first-order valence-electron chi connectivity index (χ1n) is 8.26. The molecule has 0 saturated heterocycles. The Morgan fingerprint density at radius 2 is 2.17 bits per heavy atom. The monoisotopic (exact) mass is 414 g/mol. The van der Waals surface area contributed by atoms with Gasteiger partial charge in [0.25, 0.3) is 5.91 Å². The number of rotatable bonds is 7. The Morgan fingerprint density at radius 3 is 2.86 bits per heavy atom. The van der Waals surface area contributed by atoms with Crippen molar-refractivity contribution in [1.29, 1.82) is 0 Å². The number of hydrogen-bond acceptors (Lipinski definition) is 7. The predicted molar refractivity (Wildman–Crippen MR) is 105 cm³/mol. The summed E-state index contributed by atoms with van der Waals surface area (Å²) in [6.45, 7) is 0.206. The lowest BCUT2D eigenvalue weighted by molar-refractivity contribution is -0.394. The molecule has 0 fully saturated rings. The molecule has 1 heterocycles. The molecular weight excluding hydrogens is 400 g/mol. The fraction of sp³-hybridized carbons (Fsp3) is 0.111. The van der Waals surface area contributed by atoms with Gasteiger partial charge in [0, 0.05) is 10.7 Å². The molecule has 1 N–H and O–H groups in total. The van der Waals surface area contributed by atoms with E-state index in [4.69, 9.17) is 16.3 Å². The number of carbonyl (C=O) groups excluding carboxylic acids is 1. The van der Waals surface area contributed by atoms with Gasteiger partial charge in [0.1, 0.15) is 5.75 Å². The van der Waals surface area contributed by atoms with Crippen LogP contribution in [0.25, 0.3) is 0 Å². The molecule has 0 aliphatic carbocycles. The van der Waals surface area contributed by atoms with E-state index < -0.39 is 16.8 Å². The van der Waals surface area contributed by atoms with Crippen molar-refractivity contribution in [2.24, 2.45) is 5.10 Å². The van der Waals surface area contributed by atoms with Crippen LogP contribution < -0.4 is 10.2 Å². The van der Waals surface area contributed by atoms with Gasteiger partial charge in [-0.1, -0.05) is 28.7 Å². The largest absolute Gasteiger partial charge is 0.496 e. The standard InChI is InChI=1S/C18H15ClN6O4/c1-29-16-7-6-12(8-13(16)10-24-11-20-18(23-24)25(27)28)9-21-22-17(26)14-4-2-3-5-15(14)19/h2-9,11H,10H2,1H3,(H,22,26)/b21-9-. The van der Waals surface area contributed by atoms with Gasteiger partial charge in [0.2, 0.25) is 6.33 Å². The van der Waals surface area contributed by atoms with Gasteiger partial charge in [-0.05, 0) is 40.8 Å². The summed E-state index contributed by atoms with van der Waals surface area (Å²) in [5.41, 5.74) is 4.11. The van der Waals surface area contributed by atoms with Gasteiger partial charge in [-0.25, -0.2) is 5.43 Å². The fourth-order valence-electron chi connectivity index (χ4n) is 2.49. The summed E-state index contributed by atoms with van der Waals surface area (Å²) in [5.74, 6) is -0.347. The highest BCUT2D eigenvalue weighted by Gasteiger charge is 2.15. The maximum atomic E-state index is 12.1. The van der Waals surface area contributed by atoms with Crippen molar-refractivity contribution in [3.05, 3.63) is 80.6 Å². The summed E-state index contributed by atoms with van der Waals surface area (Å²) < 4.78 is 6.65. The van der Waals surface area contributed by atoms with Crippen LogP contribution >= 0.6 is 11.6 Å². The number of hydrazone groups is 1. The maximum Gasteiger partial charge on any atom is 0.490 e. The number of nitrogens with one attached hydrogen (secondary N) is 1. The van der Waals surface area contributed by atoms with Gasteiger partial charge >= 0.3 is 5.95 Å². The van der Waals surface area contributed by atoms with E-state index in [0.717, 1.165) is 0 Å². The smallest absolute Gasteiger partial charge is 0.490 e. The van der Waals surface area contributed by atoms with Crippen molar-refractivity contribution in [2.75, 3.05) is 7.11 Å². The van der Waals surface area contributed by atoms with E-state index in [9.17, 15) is 14.9 Å². The molecule has 0 aliphatic heterocycles. The number of nitro groups is 1. The molecule has 0 aliphatic rings. The van der Waals surface area contributed by atoms with Gasteiger partial charge in [0.15, 0.2) is 0 Å². The molecule has 10 nitrogen and oxygen atoms in total. The SMILES string of the molecule is COc1ccc(/C=N\NC(=O)c2ccccc2Cl)cc1Cn1cnc([N+](=O)[O-])n1. The van der Waals surface area contributed by atoms with Gasteiger partial charge in [-0.2, -0.15) is 9.78 Å². The molecule has 0 unspecified atom stereocenters. The molecule has 3 aromatic rings. The first-order chi connectivity index (χ1) is 14.0. The minimum atomic E-state index is -0.668. The number of carbonyl (C=O) groups is 1. The van der Waals surface area contributed by atoms with E-state index in [2.05, 4.69) is 20.6 Å². The Labute approximate surface area is 169 Å². The third-order valence-corrected chi connectivity index (χ3v) is 4.15. The lowest BCUT2D eigenvalue weighted by atomic mass is 10.1. The summed E-state index contributed by atoms with van der Waals surface area (Å²) in [6.07, 6.45) is 2.73. The zero-order valence-electron chi connectivity index (χ0n) is 15.2. The van der Waals surface area contributed by atoms with Crippen molar-refractivity contribution in [2.45, 2.75) is 6.54 Å². The van der Waals surface area contributed by atoms with E-state index in [-0.39, 0.29) is 6.54 Å².